The smallest absolute Gasteiger partial charge is 0.0689 e. The molecule has 0 aromatic carbocycles. The summed E-state index contributed by atoms with van der Waals surface area (Å²) in [6.07, 6.45) is 10.7. The fourth-order valence-electron chi connectivity index (χ4n) is 3.51. The molecule has 2 atom stereocenters. The first-order valence-electron chi connectivity index (χ1n) is 9.56. The number of nitrogens with zero attached hydrogens (tertiary/aromatic N) is 1. The van der Waals surface area contributed by atoms with Gasteiger partial charge < -0.3 is 9.64 Å². The second-order valence-corrected chi connectivity index (χ2v) is 7.53. The molecule has 0 fully saturated rings. The Balaban J connectivity index is 2.65. The molecule has 2 nitrogen and oxygen atoms in total. The molecule has 23 heavy (non-hydrogen) atoms. The highest BCUT2D eigenvalue weighted by Gasteiger charge is 2.34. The number of likely N-dealkylation sites (N-methyl/N-ethyl adjacent to an activating group) is 1. The van der Waals surface area contributed by atoms with Gasteiger partial charge in [0.1, 0.15) is 0 Å². The van der Waals surface area contributed by atoms with Crippen LogP contribution in [0.25, 0.3) is 0 Å². The molecule has 0 spiro atoms. The van der Waals surface area contributed by atoms with Crippen LogP contribution in [0.5, 0.6) is 0 Å². The molecule has 1 aliphatic rings. The average Bonchev–Trinajstić information content (AvgIpc) is 2.52. The highest BCUT2D eigenvalue weighted by Crippen LogP contribution is 2.37. The number of hydrogen-bond acceptors (Lipinski definition) is 2. The molecule has 0 heterocycles. The molecule has 0 amide bonds. The average molecular weight is 322 g/mol. The van der Waals surface area contributed by atoms with Gasteiger partial charge in [-0.2, -0.15) is 0 Å². The second kappa shape index (κ2) is 10.3. The molecule has 134 valence electrons. The molecule has 0 saturated carbocycles. The van der Waals surface area contributed by atoms with Crippen LogP contribution in [0.2, 0.25) is 0 Å². The van der Waals surface area contributed by atoms with Crippen LogP contribution in [-0.4, -0.2) is 36.7 Å². The van der Waals surface area contributed by atoms with E-state index >= 15 is 0 Å². The Labute approximate surface area is 145 Å². The van der Waals surface area contributed by atoms with Crippen LogP contribution in [0.3, 0.4) is 0 Å². The van der Waals surface area contributed by atoms with Crippen molar-refractivity contribution in [2.75, 3.05) is 26.2 Å². The van der Waals surface area contributed by atoms with E-state index in [0.717, 1.165) is 39.1 Å². The van der Waals surface area contributed by atoms with Crippen molar-refractivity contribution in [3.63, 3.8) is 0 Å². The van der Waals surface area contributed by atoms with Crippen molar-refractivity contribution in [2.45, 2.75) is 79.2 Å². The van der Waals surface area contributed by atoms with Crippen molar-refractivity contribution < 1.29 is 4.74 Å². The van der Waals surface area contributed by atoms with Crippen LogP contribution >= 0.6 is 0 Å². The van der Waals surface area contributed by atoms with Gasteiger partial charge >= 0.3 is 0 Å². The minimum Gasteiger partial charge on any atom is -0.374 e. The Morgan fingerprint density at radius 3 is 2.57 bits per heavy atom. The summed E-state index contributed by atoms with van der Waals surface area (Å²) < 4.78 is 6.52. The summed E-state index contributed by atoms with van der Waals surface area (Å²) in [4.78, 5) is 2.45. The first-order chi connectivity index (χ1) is 10.9. The fraction of sp³-hybridized carbons (Fsp3) is 0.810. The first kappa shape index (κ1) is 20.4. The first-order valence-corrected chi connectivity index (χ1v) is 9.56. The van der Waals surface area contributed by atoms with E-state index < -0.39 is 0 Å². The Bertz CT molecular complexity index is 391. The molecule has 0 bridgehead atoms. The number of rotatable bonds is 10. The van der Waals surface area contributed by atoms with Gasteiger partial charge in [-0.1, -0.05) is 37.1 Å². The van der Waals surface area contributed by atoms with E-state index in [-0.39, 0.29) is 5.60 Å². The lowest BCUT2D eigenvalue weighted by Gasteiger charge is -2.40. The maximum absolute atomic E-state index is 6.52. The molecular weight excluding hydrogens is 282 g/mol. The predicted molar refractivity (Wildman–Crippen MR) is 102 cm³/mol. The third-order valence-corrected chi connectivity index (χ3v) is 5.43. The number of ether oxygens (including phenoxy) is 1. The van der Waals surface area contributed by atoms with Gasteiger partial charge in [0.2, 0.25) is 0 Å². The van der Waals surface area contributed by atoms with Crippen LogP contribution in [0.15, 0.2) is 23.3 Å². The lowest BCUT2D eigenvalue weighted by atomic mass is 9.76. The molecule has 2 heteroatoms. The molecule has 0 aromatic rings. The lowest BCUT2D eigenvalue weighted by Crippen LogP contribution is -2.41. The lowest BCUT2D eigenvalue weighted by molar-refractivity contribution is -0.0863. The van der Waals surface area contributed by atoms with Gasteiger partial charge in [0.25, 0.3) is 0 Å². The van der Waals surface area contributed by atoms with Gasteiger partial charge in [-0.25, -0.2) is 0 Å². The maximum Gasteiger partial charge on any atom is 0.0689 e. The third kappa shape index (κ3) is 7.22. The van der Waals surface area contributed by atoms with Crippen molar-refractivity contribution in [3.05, 3.63) is 23.3 Å². The van der Waals surface area contributed by atoms with E-state index in [1.54, 1.807) is 5.57 Å². The van der Waals surface area contributed by atoms with E-state index in [4.69, 9.17) is 4.74 Å². The second-order valence-electron chi connectivity index (χ2n) is 7.53. The van der Waals surface area contributed by atoms with Crippen LogP contribution in [0.1, 0.15) is 73.6 Å². The van der Waals surface area contributed by atoms with E-state index in [2.05, 4.69) is 58.6 Å². The zero-order chi connectivity index (χ0) is 17.3. The number of allylic oxidation sites excluding steroid dienone is 4. The minimum atomic E-state index is 0.0102. The third-order valence-electron chi connectivity index (χ3n) is 5.43. The van der Waals surface area contributed by atoms with Crippen molar-refractivity contribution in [1.29, 1.82) is 0 Å². The zero-order valence-corrected chi connectivity index (χ0v) is 16.5. The Morgan fingerprint density at radius 2 is 2.04 bits per heavy atom. The summed E-state index contributed by atoms with van der Waals surface area (Å²) >= 11 is 0. The van der Waals surface area contributed by atoms with Gasteiger partial charge in [-0.15, -0.1) is 0 Å². The molecule has 0 saturated heterocycles. The van der Waals surface area contributed by atoms with Crippen LogP contribution in [0.4, 0.5) is 0 Å². The van der Waals surface area contributed by atoms with E-state index in [0.29, 0.717) is 5.92 Å². The van der Waals surface area contributed by atoms with Gasteiger partial charge in [0, 0.05) is 6.54 Å². The molecule has 1 aliphatic carbocycles. The quantitative estimate of drug-likeness (QED) is 0.486. The highest BCUT2D eigenvalue weighted by molar-refractivity contribution is 5.06. The monoisotopic (exact) mass is 321 g/mol. The highest BCUT2D eigenvalue weighted by atomic mass is 16.5. The Morgan fingerprint density at radius 1 is 1.35 bits per heavy atom. The fourth-order valence-corrected chi connectivity index (χ4v) is 3.51. The van der Waals surface area contributed by atoms with E-state index in [1.807, 2.05) is 0 Å². The summed E-state index contributed by atoms with van der Waals surface area (Å²) in [5.74, 6) is 0.661. The Hall–Kier alpha value is -0.600. The van der Waals surface area contributed by atoms with Crippen LogP contribution in [-0.2, 0) is 4.74 Å². The maximum atomic E-state index is 6.52. The van der Waals surface area contributed by atoms with Gasteiger partial charge in [-0.05, 0) is 78.8 Å². The van der Waals surface area contributed by atoms with Crippen molar-refractivity contribution in [3.8, 4) is 0 Å². The molecular formula is C21H39NO. The molecule has 2 unspecified atom stereocenters. The Kier molecular flexibility index (Phi) is 9.16. The van der Waals surface area contributed by atoms with E-state index in [9.17, 15) is 0 Å². The predicted octanol–water partition coefficient (Wildman–Crippen LogP) is 5.60. The molecule has 0 radical (unpaired) electrons. The van der Waals surface area contributed by atoms with E-state index in [1.165, 1.54) is 24.8 Å². The summed E-state index contributed by atoms with van der Waals surface area (Å²) in [5, 5.41) is 0. The standard InChI is InChI=1S/C21H39NO/c1-7-22(8-2)16-17-23-21(6,15-9-10-18(3)4)20-13-11-19(5)12-14-20/h10-11,20H,7-9,12-17H2,1-6H3. The topological polar surface area (TPSA) is 12.5 Å². The van der Waals surface area contributed by atoms with Gasteiger partial charge in [0.15, 0.2) is 0 Å². The zero-order valence-electron chi connectivity index (χ0n) is 16.5. The molecule has 0 aromatic heterocycles. The van der Waals surface area contributed by atoms with Crippen LogP contribution < -0.4 is 0 Å². The van der Waals surface area contributed by atoms with Gasteiger partial charge in [0.05, 0.1) is 12.2 Å². The van der Waals surface area contributed by atoms with Crippen LogP contribution in [0, 0.1) is 5.92 Å². The number of hydrogen-bond donors (Lipinski definition) is 0. The molecule has 1 rings (SSSR count). The minimum absolute atomic E-state index is 0.0102. The summed E-state index contributed by atoms with van der Waals surface area (Å²) in [5.41, 5.74) is 2.97. The van der Waals surface area contributed by atoms with Crippen molar-refractivity contribution in [1.82, 2.24) is 4.90 Å². The van der Waals surface area contributed by atoms with Gasteiger partial charge in [-0.3, -0.25) is 0 Å². The van der Waals surface area contributed by atoms with Crippen molar-refractivity contribution >= 4 is 0 Å². The normalized spacial score (nSPS) is 21.0. The summed E-state index contributed by atoms with van der Waals surface area (Å²) in [7, 11) is 0. The largest absolute Gasteiger partial charge is 0.374 e. The summed E-state index contributed by atoms with van der Waals surface area (Å²) in [6.45, 7) is 17.6. The molecule has 0 N–H and O–H groups in total. The SMILES string of the molecule is CCN(CC)CCOC(C)(CCC=C(C)C)C1CC=C(C)CC1. The van der Waals surface area contributed by atoms with Crippen molar-refractivity contribution in [2.24, 2.45) is 5.92 Å². The molecule has 0 aliphatic heterocycles. The summed E-state index contributed by atoms with van der Waals surface area (Å²) in [6, 6.07) is 0.